The van der Waals surface area contributed by atoms with Gasteiger partial charge in [-0.2, -0.15) is 0 Å². The number of aryl methyl sites for hydroxylation is 2. The lowest BCUT2D eigenvalue weighted by molar-refractivity contribution is 0.0298. The summed E-state index contributed by atoms with van der Waals surface area (Å²) >= 11 is 0. The molecule has 1 N–H and O–H groups in total. The van der Waals surface area contributed by atoms with Crippen LogP contribution in [-0.4, -0.2) is 48.6 Å². The largest absolute Gasteiger partial charge is 0.493 e. The number of anilines is 2. The van der Waals surface area contributed by atoms with Gasteiger partial charge in [-0.3, -0.25) is 0 Å². The molecule has 3 aromatic rings. The minimum Gasteiger partial charge on any atom is -0.493 e. The summed E-state index contributed by atoms with van der Waals surface area (Å²) in [6.45, 7) is 5.38. The molecule has 0 saturated carbocycles. The van der Waals surface area contributed by atoms with E-state index in [-0.39, 0.29) is 18.3 Å². The van der Waals surface area contributed by atoms with E-state index in [1.165, 1.54) is 11.1 Å². The van der Waals surface area contributed by atoms with Gasteiger partial charge in [0.15, 0.2) is 17.6 Å². The third-order valence-electron chi connectivity index (χ3n) is 5.60. The zero-order valence-electron chi connectivity index (χ0n) is 17.3. The van der Waals surface area contributed by atoms with Gasteiger partial charge in [-0.05, 0) is 49.6 Å². The third kappa shape index (κ3) is 3.55. The number of hydrogen-bond acceptors (Lipinski definition) is 7. The van der Waals surface area contributed by atoms with Crippen LogP contribution in [0.5, 0.6) is 11.5 Å². The summed E-state index contributed by atoms with van der Waals surface area (Å²) in [4.78, 5) is 8.90. The molecule has 0 bridgehead atoms. The lowest BCUT2D eigenvalue weighted by atomic mass is 10.1. The van der Waals surface area contributed by atoms with E-state index in [0.717, 1.165) is 28.8 Å². The Morgan fingerprint density at radius 2 is 1.83 bits per heavy atom. The molecule has 3 atom stereocenters. The topological polar surface area (TPSA) is 74.7 Å². The Kier molecular flexibility index (Phi) is 4.92. The van der Waals surface area contributed by atoms with Gasteiger partial charge in [0, 0.05) is 23.7 Å². The van der Waals surface area contributed by atoms with Gasteiger partial charge in [-0.1, -0.05) is 6.07 Å². The molecule has 1 aromatic heterocycles. The third-order valence-corrected chi connectivity index (χ3v) is 5.60. The number of methoxy groups -OCH3 is 1. The van der Waals surface area contributed by atoms with E-state index in [9.17, 15) is 0 Å². The van der Waals surface area contributed by atoms with Crippen LogP contribution < -0.4 is 14.8 Å². The fourth-order valence-corrected chi connectivity index (χ4v) is 4.29. The maximum absolute atomic E-state index is 6.25. The van der Waals surface area contributed by atoms with E-state index in [2.05, 4.69) is 47.3 Å². The SMILES string of the molecule is COc1cc2c(Nc3cc(C)cc(C)c3)ncnc2cc1O[C@@H]1COC2CCOC21. The predicted molar refractivity (Wildman–Crippen MR) is 114 cm³/mol. The minimum atomic E-state index is -0.154. The fourth-order valence-electron chi connectivity index (χ4n) is 4.29. The van der Waals surface area contributed by atoms with Crippen LogP contribution in [0.4, 0.5) is 11.5 Å². The highest BCUT2D eigenvalue weighted by molar-refractivity contribution is 5.93. The van der Waals surface area contributed by atoms with Crippen molar-refractivity contribution in [2.45, 2.75) is 38.6 Å². The number of ether oxygens (including phenoxy) is 4. The van der Waals surface area contributed by atoms with Crippen molar-refractivity contribution < 1.29 is 18.9 Å². The fraction of sp³-hybridized carbons (Fsp3) is 0.391. The highest BCUT2D eigenvalue weighted by atomic mass is 16.6. The Hall–Kier alpha value is -2.90. The highest BCUT2D eigenvalue weighted by Gasteiger charge is 2.43. The van der Waals surface area contributed by atoms with Gasteiger partial charge in [-0.25, -0.2) is 9.97 Å². The van der Waals surface area contributed by atoms with Crippen molar-refractivity contribution in [3.63, 3.8) is 0 Å². The molecule has 30 heavy (non-hydrogen) atoms. The van der Waals surface area contributed by atoms with Gasteiger partial charge >= 0.3 is 0 Å². The summed E-state index contributed by atoms with van der Waals surface area (Å²) < 4.78 is 23.5. The number of hydrogen-bond donors (Lipinski definition) is 1. The Morgan fingerprint density at radius 1 is 1.00 bits per heavy atom. The van der Waals surface area contributed by atoms with Crippen LogP contribution in [0.15, 0.2) is 36.7 Å². The van der Waals surface area contributed by atoms with Crippen molar-refractivity contribution in [1.82, 2.24) is 9.97 Å². The summed E-state index contributed by atoms with van der Waals surface area (Å²) in [5.74, 6) is 1.98. The summed E-state index contributed by atoms with van der Waals surface area (Å²) in [7, 11) is 1.63. The number of benzene rings is 2. The van der Waals surface area contributed by atoms with Crippen LogP contribution in [0.1, 0.15) is 17.5 Å². The molecule has 7 nitrogen and oxygen atoms in total. The molecule has 7 heteroatoms. The molecular formula is C23H25N3O4. The van der Waals surface area contributed by atoms with Crippen molar-refractivity contribution in [1.29, 1.82) is 0 Å². The van der Waals surface area contributed by atoms with Crippen molar-refractivity contribution in [3.8, 4) is 11.5 Å². The standard InChI is InChI=1S/C23H25N3O4/c1-13-6-14(2)8-15(7-13)26-23-16-9-19(27-3)20(10-17(16)24-12-25-23)30-21-11-29-18-4-5-28-22(18)21/h6-10,12,18,21-22H,4-5,11H2,1-3H3,(H,24,25,26)/t18?,21-,22?/m1/s1. The van der Waals surface area contributed by atoms with Gasteiger partial charge < -0.3 is 24.3 Å². The molecule has 2 aliphatic rings. The van der Waals surface area contributed by atoms with Crippen LogP contribution in [-0.2, 0) is 9.47 Å². The van der Waals surface area contributed by atoms with Crippen molar-refractivity contribution >= 4 is 22.4 Å². The number of nitrogens with zero attached hydrogens (tertiary/aromatic N) is 2. The maximum Gasteiger partial charge on any atom is 0.164 e. The molecule has 2 saturated heterocycles. The van der Waals surface area contributed by atoms with Gasteiger partial charge in [0.1, 0.15) is 18.2 Å². The first-order chi connectivity index (χ1) is 14.6. The van der Waals surface area contributed by atoms with E-state index < -0.39 is 0 Å². The lowest BCUT2D eigenvalue weighted by Crippen LogP contribution is -2.32. The average molecular weight is 407 g/mol. The van der Waals surface area contributed by atoms with Crippen LogP contribution in [0.2, 0.25) is 0 Å². The van der Waals surface area contributed by atoms with Crippen LogP contribution in [0, 0.1) is 13.8 Å². The lowest BCUT2D eigenvalue weighted by Gasteiger charge is -2.20. The molecule has 0 radical (unpaired) electrons. The second-order valence-electron chi connectivity index (χ2n) is 7.90. The molecule has 5 rings (SSSR count). The van der Waals surface area contributed by atoms with Gasteiger partial charge in [-0.15, -0.1) is 0 Å². The first-order valence-electron chi connectivity index (χ1n) is 10.2. The number of nitrogens with one attached hydrogen (secondary N) is 1. The van der Waals surface area contributed by atoms with E-state index in [1.54, 1.807) is 13.4 Å². The quantitative estimate of drug-likeness (QED) is 0.687. The van der Waals surface area contributed by atoms with Crippen LogP contribution in [0.25, 0.3) is 10.9 Å². The monoisotopic (exact) mass is 407 g/mol. The highest BCUT2D eigenvalue weighted by Crippen LogP contribution is 2.37. The number of aromatic nitrogens is 2. The van der Waals surface area contributed by atoms with E-state index in [4.69, 9.17) is 18.9 Å². The molecule has 156 valence electrons. The van der Waals surface area contributed by atoms with Crippen molar-refractivity contribution in [3.05, 3.63) is 47.8 Å². The first kappa shape index (κ1) is 19.1. The summed E-state index contributed by atoms with van der Waals surface area (Å²) in [6.07, 6.45) is 2.41. The molecular weight excluding hydrogens is 382 g/mol. The normalized spacial score (nSPS) is 22.8. The zero-order chi connectivity index (χ0) is 20.7. The molecule has 2 fully saturated rings. The summed E-state index contributed by atoms with van der Waals surface area (Å²) in [6, 6.07) is 10.1. The van der Waals surface area contributed by atoms with E-state index in [1.807, 2.05) is 12.1 Å². The second kappa shape index (κ2) is 7.74. The minimum absolute atomic E-state index is 0.0300. The van der Waals surface area contributed by atoms with Gasteiger partial charge in [0.25, 0.3) is 0 Å². The summed E-state index contributed by atoms with van der Waals surface area (Å²) in [5, 5.41) is 4.27. The number of rotatable bonds is 5. The molecule has 2 aromatic carbocycles. The second-order valence-corrected chi connectivity index (χ2v) is 7.90. The Balaban J connectivity index is 1.48. The average Bonchev–Trinajstić information content (AvgIpc) is 3.32. The van der Waals surface area contributed by atoms with Crippen LogP contribution >= 0.6 is 0 Å². The molecule has 0 amide bonds. The number of fused-ring (bicyclic) bond motifs is 2. The van der Waals surface area contributed by atoms with Gasteiger partial charge in [0.05, 0.1) is 25.3 Å². The predicted octanol–water partition coefficient (Wildman–Crippen LogP) is 3.93. The Morgan fingerprint density at radius 3 is 2.63 bits per heavy atom. The van der Waals surface area contributed by atoms with E-state index >= 15 is 0 Å². The Bertz CT molecular complexity index is 1070. The smallest absolute Gasteiger partial charge is 0.164 e. The van der Waals surface area contributed by atoms with Gasteiger partial charge in [0.2, 0.25) is 0 Å². The molecule has 0 spiro atoms. The molecule has 0 aliphatic carbocycles. The molecule has 2 aliphatic heterocycles. The van der Waals surface area contributed by atoms with E-state index in [0.29, 0.717) is 24.7 Å². The van der Waals surface area contributed by atoms with Crippen molar-refractivity contribution in [2.75, 3.05) is 25.6 Å². The maximum atomic E-state index is 6.25. The zero-order valence-corrected chi connectivity index (χ0v) is 17.3. The molecule has 2 unspecified atom stereocenters. The van der Waals surface area contributed by atoms with Crippen LogP contribution in [0.3, 0.4) is 0 Å². The summed E-state index contributed by atoms with van der Waals surface area (Å²) in [5.41, 5.74) is 4.14. The molecule has 3 heterocycles. The van der Waals surface area contributed by atoms with Crippen molar-refractivity contribution in [2.24, 2.45) is 0 Å². The Labute approximate surface area is 175 Å². The first-order valence-corrected chi connectivity index (χ1v) is 10.2.